The summed E-state index contributed by atoms with van der Waals surface area (Å²) in [7, 11) is 0. The predicted octanol–water partition coefficient (Wildman–Crippen LogP) is 3.24. The molecule has 50 valence electrons. The average Bonchev–Trinajstić information content (AvgIpc) is 1.83. The fourth-order valence-corrected chi connectivity index (χ4v) is 1.27. The molecule has 0 aromatic carbocycles. The molecule has 0 aromatic rings. The van der Waals surface area contributed by atoms with Crippen molar-refractivity contribution in [3.8, 4) is 0 Å². The Labute approximate surface area is 69.1 Å². The molecule has 0 saturated heterocycles. The number of hydrogen-bond donors (Lipinski definition) is 0. The van der Waals surface area contributed by atoms with Crippen molar-refractivity contribution < 1.29 is 0 Å². The topological polar surface area (TPSA) is 0 Å². The van der Waals surface area contributed by atoms with Crippen LogP contribution in [-0.2, 0) is 0 Å². The lowest BCUT2D eigenvalue weighted by Crippen LogP contribution is -1.99. The maximum atomic E-state index is 5.70. The van der Waals surface area contributed by atoms with Crippen molar-refractivity contribution in [1.82, 2.24) is 0 Å². The molecule has 0 spiro atoms. The molecule has 1 aliphatic carbocycles. The van der Waals surface area contributed by atoms with Gasteiger partial charge >= 0.3 is 0 Å². The Kier molecular flexibility index (Phi) is 2.45. The number of rotatable bonds is 0. The van der Waals surface area contributed by atoms with Crippen molar-refractivity contribution in [2.75, 3.05) is 0 Å². The molecule has 9 heavy (non-hydrogen) atoms. The number of allylic oxidation sites excluding steroid dienone is 4. The molecule has 1 aliphatic rings. The minimum Gasteiger partial charge on any atom is -0.112 e. The van der Waals surface area contributed by atoms with Gasteiger partial charge in [-0.2, -0.15) is 0 Å². The van der Waals surface area contributed by atoms with Gasteiger partial charge in [0.05, 0.1) is 10.4 Å². The van der Waals surface area contributed by atoms with Gasteiger partial charge in [0.15, 0.2) is 0 Å². The van der Waals surface area contributed by atoms with Crippen LogP contribution in [0.15, 0.2) is 22.2 Å². The second-order valence-corrected chi connectivity index (χ2v) is 3.12. The fourth-order valence-electron chi connectivity index (χ4n) is 0.623. The van der Waals surface area contributed by atoms with Crippen LogP contribution < -0.4 is 0 Å². The molecule has 0 amide bonds. The summed E-state index contributed by atoms with van der Waals surface area (Å²) in [6, 6.07) is 0. The Hall–Kier alpha value is 0.350. The molecule has 0 heterocycles. The van der Waals surface area contributed by atoms with E-state index < -0.39 is 0 Å². The summed E-state index contributed by atoms with van der Waals surface area (Å²) in [5.41, 5.74) is 0. The molecule has 0 nitrogen and oxygen atoms in total. The maximum Gasteiger partial charge on any atom is 0.0884 e. The monoisotopic (exact) mass is 182 g/mol. The van der Waals surface area contributed by atoms with E-state index in [2.05, 4.69) is 0 Å². The second-order valence-electron chi connectivity index (χ2n) is 1.79. The van der Waals surface area contributed by atoms with Gasteiger partial charge in [-0.05, 0) is 0 Å². The van der Waals surface area contributed by atoms with Crippen molar-refractivity contribution >= 4 is 34.8 Å². The van der Waals surface area contributed by atoms with Crippen molar-refractivity contribution in [2.45, 2.75) is 11.8 Å². The zero-order valence-corrected chi connectivity index (χ0v) is 6.84. The molecule has 0 radical (unpaired) electrons. The summed E-state index contributed by atoms with van der Waals surface area (Å²) in [4.78, 5) is 0. The molecule has 0 N–H and O–H groups in total. The first kappa shape index (κ1) is 7.46. The quantitative estimate of drug-likeness (QED) is 0.399. The van der Waals surface area contributed by atoms with Crippen molar-refractivity contribution in [1.29, 1.82) is 0 Å². The first-order chi connectivity index (χ1) is 4.22. The predicted molar refractivity (Wildman–Crippen MR) is 42.1 cm³/mol. The van der Waals surface area contributed by atoms with Crippen LogP contribution in [0.4, 0.5) is 0 Å². The summed E-state index contributed by atoms with van der Waals surface area (Å²) < 4.78 is 0. The minimum absolute atomic E-state index is 0.215. The third kappa shape index (κ3) is 1.64. The normalized spacial score (nSPS) is 27.2. The van der Waals surface area contributed by atoms with Crippen molar-refractivity contribution in [3.05, 3.63) is 22.2 Å². The summed E-state index contributed by atoms with van der Waals surface area (Å²) >= 11 is 17.1. The smallest absolute Gasteiger partial charge is 0.0884 e. The minimum atomic E-state index is -0.215. The van der Waals surface area contributed by atoms with Crippen LogP contribution in [0.3, 0.4) is 0 Å². The molecule has 1 rings (SSSR count). The van der Waals surface area contributed by atoms with Gasteiger partial charge in [-0.15, -0.1) is 11.6 Å². The highest BCUT2D eigenvalue weighted by Gasteiger charge is 2.12. The summed E-state index contributed by atoms with van der Waals surface area (Å²) in [6.45, 7) is 0. The van der Waals surface area contributed by atoms with E-state index in [0.717, 1.165) is 0 Å². The summed E-state index contributed by atoms with van der Waals surface area (Å²) in [5, 5.41) is 0.993. The molecule has 0 aromatic heterocycles. The van der Waals surface area contributed by atoms with Crippen LogP contribution in [-0.4, -0.2) is 5.38 Å². The SMILES string of the molecule is ClC1=C(Cl)C(Cl)C=CC1. The second kappa shape index (κ2) is 2.96. The van der Waals surface area contributed by atoms with Gasteiger partial charge in [-0.3, -0.25) is 0 Å². The van der Waals surface area contributed by atoms with Crippen molar-refractivity contribution in [3.63, 3.8) is 0 Å². The molecule has 0 fully saturated rings. The van der Waals surface area contributed by atoms with Crippen LogP contribution >= 0.6 is 34.8 Å². The van der Waals surface area contributed by atoms with Gasteiger partial charge in [-0.25, -0.2) is 0 Å². The molecule has 1 unspecified atom stereocenters. The largest absolute Gasteiger partial charge is 0.112 e. The highest BCUT2D eigenvalue weighted by Crippen LogP contribution is 2.28. The van der Waals surface area contributed by atoms with Crippen molar-refractivity contribution in [2.24, 2.45) is 0 Å². The van der Waals surface area contributed by atoms with Gasteiger partial charge in [0.2, 0.25) is 0 Å². The van der Waals surface area contributed by atoms with Gasteiger partial charge in [0.25, 0.3) is 0 Å². The summed E-state index contributed by atoms with van der Waals surface area (Å²) in [5.74, 6) is 0. The van der Waals surface area contributed by atoms with Gasteiger partial charge in [0, 0.05) is 11.5 Å². The Morgan fingerprint density at radius 1 is 1.44 bits per heavy atom. The molecule has 0 aliphatic heterocycles. The van der Waals surface area contributed by atoms with Gasteiger partial charge in [-0.1, -0.05) is 35.4 Å². The standard InChI is InChI=1S/C6H5Cl3/c7-4-2-1-3-5(8)6(4)9/h1-2,4H,3H2. The first-order valence-electron chi connectivity index (χ1n) is 2.56. The zero-order chi connectivity index (χ0) is 6.85. The van der Waals surface area contributed by atoms with Gasteiger partial charge in [0.1, 0.15) is 0 Å². The lowest BCUT2D eigenvalue weighted by molar-refractivity contribution is 1.18. The number of halogens is 3. The Bertz CT molecular complexity index is 169. The molecule has 3 heteroatoms. The Morgan fingerprint density at radius 3 is 2.56 bits per heavy atom. The van der Waals surface area contributed by atoms with E-state index in [1.54, 1.807) is 0 Å². The van der Waals surface area contributed by atoms with E-state index in [0.29, 0.717) is 16.5 Å². The third-order valence-corrected chi connectivity index (χ3v) is 2.50. The van der Waals surface area contributed by atoms with Crippen LogP contribution in [0, 0.1) is 0 Å². The summed E-state index contributed by atoms with van der Waals surface area (Å²) in [6.07, 6.45) is 4.45. The molecule has 1 atom stereocenters. The van der Waals surface area contributed by atoms with Gasteiger partial charge < -0.3 is 0 Å². The molecule has 0 saturated carbocycles. The van der Waals surface area contributed by atoms with Crippen LogP contribution in [0.25, 0.3) is 0 Å². The van der Waals surface area contributed by atoms with E-state index in [9.17, 15) is 0 Å². The maximum absolute atomic E-state index is 5.70. The highest BCUT2D eigenvalue weighted by molar-refractivity contribution is 6.44. The highest BCUT2D eigenvalue weighted by atomic mass is 35.5. The van der Waals surface area contributed by atoms with E-state index in [1.165, 1.54) is 0 Å². The lowest BCUT2D eigenvalue weighted by atomic mass is 10.2. The van der Waals surface area contributed by atoms with Crippen LogP contribution in [0.5, 0.6) is 0 Å². The molecular formula is C6H5Cl3. The zero-order valence-electron chi connectivity index (χ0n) is 4.57. The van der Waals surface area contributed by atoms with Crippen LogP contribution in [0.2, 0.25) is 0 Å². The van der Waals surface area contributed by atoms with E-state index in [1.807, 2.05) is 12.2 Å². The molecular weight excluding hydrogens is 178 g/mol. The van der Waals surface area contributed by atoms with E-state index in [4.69, 9.17) is 34.8 Å². The number of hydrogen-bond acceptors (Lipinski definition) is 0. The molecule has 0 bridgehead atoms. The fraction of sp³-hybridized carbons (Fsp3) is 0.333. The van der Waals surface area contributed by atoms with Crippen LogP contribution in [0.1, 0.15) is 6.42 Å². The third-order valence-electron chi connectivity index (χ3n) is 1.10. The Morgan fingerprint density at radius 2 is 2.11 bits per heavy atom. The Balaban J connectivity index is 2.79. The number of alkyl halides is 1. The van der Waals surface area contributed by atoms with E-state index >= 15 is 0 Å². The van der Waals surface area contributed by atoms with E-state index in [-0.39, 0.29) is 5.38 Å². The first-order valence-corrected chi connectivity index (χ1v) is 3.76. The lowest BCUT2D eigenvalue weighted by Gasteiger charge is -2.09. The average molecular weight is 183 g/mol.